The summed E-state index contributed by atoms with van der Waals surface area (Å²) >= 11 is 0.638. The number of rotatable bonds is 4. The van der Waals surface area contributed by atoms with Crippen molar-refractivity contribution in [3.05, 3.63) is 59.0 Å². The molecule has 12 heteroatoms. The van der Waals surface area contributed by atoms with Gasteiger partial charge in [-0.25, -0.2) is 13.6 Å². The largest absolute Gasteiger partial charge is 0.325 e. The zero-order valence-corrected chi connectivity index (χ0v) is 17.2. The van der Waals surface area contributed by atoms with Crippen LogP contribution in [0.25, 0.3) is 5.57 Å². The number of hydrogen-bond donors (Lipinski definition) is 3. The van der Waals surface area contributed by atoms with E-state index in [9.17, 15) is 27.6 Å². The summed E-state index contributed by atoms with van der Waals surface area (Å²) in [6, 6.07) is 11.9. The molecule has 0 spiro atoms. The number of hydrogen-bond acceptors (Lipinski definition) is 7. The van der Waals surface area contributed by atoms with Gasteiger partial charge in [0.25, 0.3) is 17.1 Å². The summed E-state index contributed by atoms with van der Waals surface area (Å²) in [6.45, 7) is -0.357. The molecule has 2 aliphatic rings. The maximum Gasteiger partial charge on any atom is 0.290 e. The molecule has 0 saturated carbocycles. The predicted molar refractivity (Wildman–Crippen MR) is 113 cm³/mol. The van der Waals surface area contributed by atoms with Gasteiger partial charge < -0.3 is 5.32 Å². The zero-order chi connectivity index (χ0) is 22.3. The summed E-state index contributed by atoms with van der Waals surface area (Å²) in [4.78, 5) is 50.3. The molecule has 1 saturated heterocycles. The van der Waals surface area contributed by atoms with Crippen molar-refractivity contribution in [2.75, 3.05) is 16.8 Å². The third kappa shape index (κ3) is 3.95. The van der Waals surface area contributed by atoms with Crippen LogP contribution in [0.15, 0.2) is 58.3 Å². The van der Waals surface area contributed by atoms with Crippen molar-refractivity contribution in [1.29, 1.82) is 0 Å². The SMILES string of the molecule is NS(=O)(=O)c1ccc(NC(=O)CN2C(=O)/C(=C3/SC(=O)NC3=O)c3ccccc32)cc1. The van der Waals surface area contributed by atoms with E-state index >= 15 is 0 Å². The highest BCUT2D eigenvalue weighted by atomic mass is 32.2. The van der Waals surface area contributed by atoms with Crippen LogP contribution in [0.4, 0.5) is 16.2 Å². The molecule has 1 fully saturated rings. The Kier molecular flexibility index (Phi) is 5.13. The number of nitrogens with two attached hydrogens (primary N) is 1. The fourth-order valence-electron chi connectivity index (χ4n) is 3.21. The lowest BCUT2D eigenvalue weighted by Gasteiger charge is -2.16. The Hall–Kier alpha value is -3.48. The normalized spacial score (nSPS) is 18.2. The van der Waals surface area contributed by atoms with Gasteiger partial charge >= 0.3 is 0 Å². The van der Waals surface area contributed by atoms with Crippen LogP contribution < -0.4 is 20.7 Å². The summed E-state index contributed by atoms with van der Waals surface area (Å²) in [7, 11) is -3.86. The molecule has 4 N–H and O–H groups in total. The first kappa shape index (κ1) is 20.8. The Labute approximate surface area is 180 Å². The number of fused-ring (bicyclic) bond motifs is 1. The number of para-hydroxylation sites is 1. The number of imide groups is 1. The van der Waals surface area contributed by atoms with E-state index < -0.39 is 33.0 Å². The number of carbonyl (C=O) groups excluding carboxylic acids is 4. The number of carbonyl (C=O) groups is 4. The first-order valence-corrected chi connectivity index (χ1v) is 11.1. The fraction of sp³-hybridized carbons (Fsp3) is 0.0526. The summed E-state index contributed by atoms with van der Waals surface area (Å²) in [5, 5.41) is 9.17. The van der Waals surface area contributed by atoms with E-state index in [0.29, 0.717) is 28.7 Å². The number of sulfonamides is 1. The topological polar surface area (TPSA) is 156 Å². The Morgan fingerprint density at radius 2 is 1.74 bits per heavy atom. The monoisotopic (exact) mass is 458 g/mol. The van der Waals surface area contributed by atoms with Gasteiger partial charge in [0.2, 0.25) is 15.9 Å². The van der Waals surface area contributed by atoms with Crippen LogP contribution in [0.2, 0.25) is 0 Å². The Balaban J connectivity index is 1.58. The maximum atomic E-state index is 13.0. The van der Waals surface area contributed by atoms with Crippen LogP contribution in [-0.4, -0.2) is 37.9 Å². The van der Waals surface area contributed by atoms with Gasteiger partial charge in [0.15, 0.2) is 0 Å². The average molecular weight is 458 g/mol. The second-order valence-corrected chi connectivity index (χ2v) is 9.12. The van der Waals surface area contributed by atoms with E-state index in [2.05, 4.69) is 10.6 Å². The number of thioether (sulfide) groups is 1. The van der Waals surface area contributed by atoms with Gasteiger partial charge in [-0.1, -0.05) is 18.2 Å². The minimum absolute atomic E-state index is 0.0102. The average Bonchev–Trinajstić information content (AvgIpc) is 3.17. The second kappa shape index (κ2) is 7.65. The van der Waals surface area contributed by atoms with Gasteiger partial charge in [0.1, 0.15) is 6.54 Å². The van der Waals surface area contributed by atoms with Crippen molar-refractivity contribution >= 4 is 61.7 Å². The van der Waals surface area contributed by atoms with Gasteiger partial charge in [0, 0.05) is 11.3 Å². The van der Waals surface area contributed by atoms with Crippen molar-refractivity contribution in [2.24, 2.45) is 5.14 Å². The molecule has 0 bridgehead atoms. The molecule has 0 radical (unpaired) electrons. The van der Waals surface area contributed by atoms with Gasteiger partial charge in [-0.2, -0.15) is 0 Å². The molecule has 0 unspecified atom stereocenters. The number of benzene rings is 2. The van der Waals surface area contributed by atoms with E-state index in [1.807, 2.05) is 0 Å². The van der Waals surface area contributed by atoms with Crippen molar-refractivity contribution in [1.82, 2.24) is 5.32 Å². The molecule has 2 aromatic carbocycles. The maximum absolute atomic E-state index is 13.0. The number of nitrogens with one attached hydrogen (secondary N) is 2. The lowest BCUT2D eigenvalue weighted by atomic mass is 10.1. The molecule has 0 atom stereocenters. The number of amides is 4. The van der Waals surface area contributed by atoms with Gasteiger partial charge in [-0.15, -0.1) is 0 Å². The van der Waals surface area contributed by atoms with Crippen LogP contribution in [-0.2, 0) is 24.4 Å². The van der Waals surface area contributed by atoms with Crippen molar-refractivity contribution in [3.63, 3.8) is 0 Å². The Morgan fingerprint density at radius 1 is 1.06 bits per heavy atom. The molecule has 10 nitrogen and oxygen atoms in total. The van der Waals surface area contributed by atoms with Crippen LogP contribution >= 0.6 is 11.8 Å². The molecule has 2 aromatic rings. The van der Waals surface area contributed by atoms with Crippen molar-refractivity contribution in [3.8, 4) is 0 Å². The number of anilines is 2. The number of primary sulfonamides is 1. The number of nitrogens with zero attached hydrogens (tertiary/aromatic N) is 1. The minimum atomic E-state index is -3.86. The molecule has 2 aliphatic heterocycles. The molecule has 0 aliphatic carbocycles. The first-order chi connectivity index (χ1) is 14.6. The van der Waals surface area contributed by atoms with Crippen LogP contribution in [0, 0.1) is 0 Å². The van der Waals surface area contributed by atoms with E-state index in [0.717, 1.165) is 0 Å². The van der Waals surface area contributed by atoms with Crippen molar-refractivity contribution < 1.29 is 27.6 Å². The van der Waals surface area contributed by atoms with Gasteiger partial charge in [0.05, 0.1) is 21.1 Å². The molecule has 158 valence electrons. The molecule has 0 aromatic heterocycles. The highest BCUT2D eigenvalue weighted by Gasteiger charge is 2.40. The molecule has 2 heterocycles. The highest BCUT2D eigenvalue weighted by Crippen LogP contribution is 2.42. The Bertz CT molecular complexity index is 1280. The zero-order valence-electron chi connectivity index (χ0n) is 15.6. The van der Waals surface area contributed by atoms with Crippen LogP contribution in [0.3, 0.4) is 0 Å². The third-order valence-electron chi connectivity index (χ3n) is 4.54. The summed E-state index contributed by atoms with van der Waals surface area (Å²) in [5.41, 5.74) is 1.26. The molecule has 4 rings (SSSR count). The molecular formula is C19H14N4O6S2. The molecular weight excluding hydrogens is 444 g/mol. The summed E-state index contributed by atoms with van der Waals surface area (Å²) < 4.78 is 22.6. The predicted octanol–water partition coefficient (Wildman–Crippen LogP) is 1.01. The fourth-order valence-corrected chi connectivity index (χ4v) is 4.49. The lowest BCUT2D eigenvalue weighted by Crippen LogP contribution is -2.35. The van der Waals surface area contributed by atoms with E-state index in [4.69, 9.17) is 5.14 Å². The summed E-state index contributed by atoms with van der Waals surface area (Å²) in [6.07, 6.45) is 0. The Morgan fingerprint density at radius 3 is 2.35 bits per heavy atom. The van der Waals surface area contributed by atoms with Crippen molar-refractivity contribution in [2.45, 2.75) is 4.90 Å². The van der Waals surface area contributed by atoms with Gasteiger partial charge in [-0.3, -0.25) is 29.4 Å². The van der Waals surface area contributed by atoms with Gasteiger partial charge in [-0.05, 0) is 42.1 Å². The van der Waals surface area contributed by atoms with E-state index in [1.54, 1.807) is 24.3 Å². The van der Waals surface area contributed by atoms with E-state index in [1.165, 1.54) is 29.2 Å². The third-order valence-corrected chi connectivity index (χ3v) is 6.35. The first-order valence-electron chi connectivity index (χ1n) is 8.76. The quantitative estimate of drug-likeness (QED) is 0.577. The highest BCUT2D eigenvalue weighted by molar-refractivity contribution is 8.18. The minimum Gasteiger partial charge on any atom is -0.325 e. The smallest absolute Gasteiger partial charge is 0.290 e. The van der Waals surface area contributed by atoms with Crippen LogP contribution in [0.1, 0.15) is 5.56 Å². The molecule has 31 heavy (non-hydrogen) atoms. The standard InChI is InChI=1S/C19H14N4O6S2/c20-31(28,29)11-7-5-10(6-8-11)21-14(24)9-23-13-4-2-1-3-12(13)15(18(23)26)16-17(25)22-19(27)30-16/h1-8H,9H2,(H,21,24)(H2,20,28,29)(H,22,25,27)/b16-15+. The van der Waals surface area contributed by atoms with E-state index in [-0.39, 0.29) is 21.9 Å². The molecule has 4 amide bonds. The second-order valence-electron chi connectivity index (χ2n) is 6.57. The van der Waals surface area contributed by atoms with Crippen LogP contribution in [0.5, 0.6) is 0 Å². The lowest BCUT2D eigenvalue weighted by molar-refractivity contribution is -0.118. The summed E-state index contributed by atoms with van der Waals surface area (Å²) in [5.74, 6) is -1.78.